The largest absolute Gasteiger partial charge is 0.390 e. The van der Waals surface area contributed by atoms with Crippen LogP contribution in [0.4, 0.5) is 0 Å². The highest BCUT2D eigenvalue weighted by molar-refractivity contribution is 7.09. The maximum atomic E-state index is 13.1. The molecular formula is C24H36N4O3S. The minimum Gasteiger partial charge on any atom is -0.390 e. The summed E-state index contributed by atoms with van der Waals surface area (Å²) in [4.78, 5) is 20.3. The van der Waals surface area contributed by atoms with Crippen LogP contribution in [0.5, 0.6) is 0 Å². The van der Waals surface area contributed by atoms with Gasteiger partial charge in [-0.3, -0.25) is 14.7 Å². The van der Waals surface area contributed by atoms with E-state index < -0.39 is 12.1 Å². The summed E-state index contributed by atoms with van der Waals surface area (Å²) < 4.78 is 6.09. The van der Waals surface area contributed by atoms with Gasteiger partial charge in [-0.25, -0.2) is 0 Å². The third kappa shape index (κ3) is 7.64. The van der Waals surface area contributed by atoms with E-state index >= 15 is 0 Å². The van der Waals surface area contributed by atoms with E-state index in [1.165, 1.54) is 0 Å². The number of amides is 1. The molecule has 0 radical (unpaired) electrons. The monoisotopic (exact) mass is 460 g/mol. The number of likely N-dealkylation sites (tertiary alicyclic amines) is 1. The number of nitrogens with one attached hydrogen (secondary N) is 1. The second-order valence-corrected chi connectivity index (χ2v) is 10.6. The SMILES string of the molecule is CC(C)(C)NC(=O)[C@@H]1C[C@H](OCc2cncs2)CCN1C[C@@H](O)[C@@H](N)Cc1ccccc1. The zero-order valence-corrected chi connectivity index (χ0v) is 20.1. The Bertz CT molecular complexity index is 826. The van der Waals surface area contributed by atoms with Gasteiger partial charge in [0.2, 0.25) is 5.91 Å². The van der Waals surface area contributed by atoms with Gasteiger partial charge in [0.15, 0.2) is 0 Å². The van der Waals surface area contributed by atoms with Crippen LogP contribution < -0.4 is 11.1 Å². The van der Waals surface area contributed by atoms with Crippen molar-refractivity contribution in [3.63, 3.8) is 0 Å². The van der Waals surface area contributed by atoms with E-state index in [4.69, 9.17) is 10.5 Å². The van der Waals surface area contributed by atoms with E-state index in [2.05, 4.69) is 15.2 Å². The van der Waals surface area contributed by atoms with Crippen molar-refractivity contribution < 1.29 is 14.6 Å². The van der Waals surface area contributed by atoms with Crippen LogP contribution in [0.1, 0.15) is 44.1 Å². The van der Waals surface area contributed by atoms with Crippen molar-refractivity contribution in [1.82, 2.24) is 15.2 Å². The number of β-amino-alcohol motifs (C(OH)–C–C–N with tert-alkyl or cyclic N) is 1. The molecule has 0 spiro atoms. The average Bonchev–Trinajstić information content (AvgIpc) is 3.26. The Labute approximate surface area is 195 Å². The zero-order valence-electron chi connectivity index (χ0n) is 19.2. The lowest BCUT2D eigenvalue weighted by Gasteiger charge is -2.41. The summed E-state index contributed by atoms with van der Waals surface area (Å²) in [5.41, 5.74) is 8.87. The average molecular weight is 461 g/mol. The fourth-order valence-corrected chi connectivity index (χ4v) is 4.50. The molecule has 0 aliphatic carbocycles. The van der Waals surface area contributed by atoms with Crippen LogP contribution >= 0.6 is 11.3 Å². The Hall–Kier alpha value is -1.84. The molecule has 32 heavy (non-hydrogen) atoms. The second-order valence-electron chi connectivity index (χ2n) is 9.60. The molecule has 176 valence electrons. The van der Waals surface area contributed by atoms with Crippen LogP contribution in [0.3, 0.4) is 0 Å². The predicted molar refractivity (Wildman–Crippen MR) is 127 cm³/mol. The number of hydrogen-bond donors (Lipinski definition) is 3. The Morgan fingerprint density at radius 2 is 2.12 bits per heavy atom. The van der Waals surface area contributed by atoms with Crippen molar-refractivity contribution in [3.05, 3.63) is 52.5 Å². The summed E-state index contributed by atoms with van der Waals surface area (Å²) in [6.45, 7) is 7.46. The first-order valence-corrected chi connectivity index (χ1v) is 12.1. The number of ether oxygens (including phenoxy) is 1. The first-order valence-electron chi connectivity index (χ1n) is 11.2. The first-order chi connectivity index (χ1) is 15.2. The summed E-state index contributed by atoms with van der Waals surface area (Å²) in [7, 11) is 0. The van der Waals surface area contributed by atoms with Gasteiger partial charge >= 0.3 is 0 Å². The first kappa shape index (κ1) is 24.8. The Morgan fingerprint density at radius 1 is 1.38 bits per heavy atom. The number of carbonyl (C=O) groups excluding carboxylic acids is 1. The van der Waals surface area contributed by atoms with Gasteiger partial charge in [-0.15, -0.1) is 11.3 Å². The highest BCUT2D eigenvalue weighted by atomic mass is 32.1. The number of carbonyl (C=O) groups is 1. The molecule has 1 saturated heterocycles. The van der Waals surface area contributed by atoms with Gasteiger partial charge in [-0.2, -0.15) is 0 Å². The van der Waals surface area contributed by atoms with Gasteiger partial charge < -0.3 is 20.9 Å². The lowest BCUT2D eigenvalue weighted by atomic mass is 9.95. The van der Waals surface area contributed by atoms with Gasteiger partial charge in [0.25, 0.3) is 0 Å². The van der Waals surface area contributed by atoms with Gasteiger partial charge in [-0.1, -0.05) is 30.3 Å². The molecule has 0 bridgehead atoms. The molecule has 0 saturated carbocycles. The highest BCUT2D eigenvalue weighted by Crippen LogP contribution is 2.23. The number of benzene rings is 1. The molecule has 4 N–H and O–H groups in total. The number of rotatable bonds is 9. The second kappa shape index (κ2) is 11.3. The molecule has 7 nitrogen and oxygen atoms in total. The third-order valence-electron chi connectivity index (χ3n) is 5.64. The minimum atomic E-state index is -0.727. The molecule has 1 aliphatic rings. The summed E-state index contributed by atoms with van der Waals surface area (Å²) in [6, 6.07) is 9.16. The number of nitrogens with zero attached hydrogens (tertiary/aromatic N) is 2. The van der Waals surface area contributed by atoms with E-state index in [1.807, 2.05) is 57.3 Å². The molecule has 1 fully saturated rings. The Kier molecular flexibility index (Phi) is 8.79. The van der Waals surface area contributed by atoms with E-state index in [-0.39, 0.29) is 23.6 Å². The topological polar surface area (TPSA) is 101 Å². The van der Waals surface area contributed by atoms with Gasteiger partial charge in [0.05, 0.1) is 35.2 Å². The molecule has 2 aromatic rings. The van der Waals surface area contributed by atoms with E-state index in [9.17, 15) is 9.90 Å². The van der Waals surface area contributed by atoms with E-state index in [0.29, 0.717) is 32.5 Å². The summed E-state index contributed by atoms with van der Waals surface area (Å²) in [6.07, 6.45) is 3.05. The van der Waals surface area contributed by atoms with Gasteiger partial charge in [0.1, 0.15) is 0 Å². The molecule has 1 amide bonds. The summed E-state index contributed by atoms with van der Waals surface area (Å²) >= 11 is 1.57. The number of nitrogens with two attached hydrogens (primary N) is 1. The third-order valence-corrected chi connectivity index (χ3v) is 6.39. The predicted octanol–water partition coefficient (Wildman–Crippen LogP) is 2.34. The van der Waals surface area contributed by atoms with Crippen LogP contribution in [-0.2, 0) is 22.6 Å². The van der Waals surface area contributed by atoms with Gasteiger partial charge in [0, 0.05) is 30.9 Å². The highest BCUT2D eigenvalue weighted by Gasteiger charge is 2.36. The van der Waals surface area contributed by atoms with E-state index in [0.717, 1.165) is 16.9 Å². The lowest BCUT2D eigenvalue weighted by molar-refractivity contribution is -0.133. The van der Waals surface area contributed by atoms with Crippen molar-refractivity contribution in [1.29, 1.82) is 0 Å². The number of hydrogen-bond acceptors (Lipinski definition) is 7. The maximum Gasteiger partial charge on any atom is 0.237 e. The summed E-state index contributed by atoms with van der Waals surface area (Å²) in [5, 5.41) is 13.9. The van der Waals surface area contributed by atoms with Crippen LogP contribution in [-0.4, -0.2) is 63.8 Å². The zero-order chi connectivity index (χ0) is 23.1. The fraction of sp³-hybridized carbons (Fsp3) is 0.583. The van der Waals surface area contributed by atoms with Gasteiger partial charge in [-0.05, 0) is 45.6 Å². The molecule has 1 aliphatic heterocycles. The normalized spacial score (nSPS) is 21.8. The van der Waals surface area contributed by atoms with Crippen molar-refractivity contribution in [3.8, 4) is 0 Å². The Morgan fingerprint density at radius 3 is 2.78 bits per heavy atom. The molecule has 0 unspecified atom stereocenters. The van der Waals surface area contributed by atoms with E-state index in [1.54, 1.807) is 16.8 Å². The number of piperidine rings is 1. The fourth-order valence-electron chi connectivity index (χ4n) is 3.99. The standard InChI is InChI=1S/C24H36N4O3S/c1-24(2,3)27-23(30)21-12-18(31-15-19-13-26-16-32-19)9-10-28(21)14-22(29)20(25)11-17-7-5-4-6-8-17/h4-8,13,16,18,20-22,29H,9-12,14-15,25H2,1-3H3,(H,27,30)/t18-,20+,21+,22-/m1/s1. The number of aliphatic hydroxyl groups is 1. The van der Waals surface area contributed by atoms with Crippen LogP contribution in [0.15, 0.2) is 42.0 Å². The van der Waals surface area contributed by atoms with Crippen molar-refractivity contribution in [2.45, 2.75) is 76.5 Å². The van der Waals surface area contributed by atoms with Crippen molar-refractivity contribution in [2.24, 2.45) is 5.73 Å². The quantitative estimate of drug-likeness (QED) is 0.531. The molecule has 1 aromatic carbocycles. The van der Waals surface area contributed by atoms with Crippen LogP contribution in [0.2, 0.25) is 0 Å². The van der Waals surface area contributed by atoms with Crippen molar-refractivity contribution >= 4 is 17.2 Å². The number of aliphatic hydroxyl groups excluding tert-OH is 1. The van der Waals surface area contributed by atoms with Crippen LogP contribution in [0, 0.1) is 0 Å². The molecule has 2 heterocycles. The molecule has 4 atom stereocenters. The number of aromatic nitrogens is 1. The maximum absolute atomic E-state index is 13.1. The smallest absolute Gasteiger partial charge is 0.237 e. The van der Waals surface area contributed by atoms with Crippen molar-refractivity contribution in [2.75, 3.05) is 13.1 Å². The molecule has 3 rings (SSSR count). The molecule has 8 heteroatoms. The summed E-state index contributed by atoms with van der Waals surface area (Å²) in [5.74, 6) is -0.0348. The van der Waals surface area contributed by atoms with Crippen LogP contribution in [0.25, 0.3) is 0 Å². The number of thiazole rings is 1. The minimum absolute atomic E-state index is 0.0146. The lowest BCUT2D eigenvalue weighted by Crippen LogP contribution is -2.58. The Balaban J connectivity index is 1.62. The molecule has 1 aromatic heterocycles. The molecular weight excluding hydrogens is 424 g/mol.